The molecule has 9 heteroatoms. The lowest BCUT2D eigenvalue weighted by molar-refractivity contribution is -0.129. The molecule has 0 unspecified atom stereocenters. The van der Waals surface area contributed by atoms with Crippen molar-refractivity contribution in [2.45, 2.75) is 18.2 Å². The second-order valence-corrected chi connectivity index (χ2v) is 8.55. The monoisotopic (exact) mass is 405 g/mol. The molecule has 3 rings (SSSR count). The molecule has 1 aromatic heterocycles. The molecule has 0 saturated carbocycles. The van der Waals surface area contributed by atoms with Crippen LogP contribution in [0.4, 0.5) is 0 Å². The van der Waals surface area contributed by atoms with Gasteiger partial charge < -0.3 is 14.6 Å². The molecule has 1 aliphatic rings. The van der Waals surface area contributed by atoms with E-state index in [2.05, 4.69) is 5.32 Å². The van der Waals surface area contributed by atoms with E-state index in [1.165, 1.54) is 16.6 Å². The predicted octanol–water partition coefficient (Wildman–Crippen LogP) is 1.24. The number of nitrogens with zero attached hydrogens (tertiary/aromatic N) is 2. The summed E-state index contributed by atoms with van der Waals surface area (Å²) in [5.41, 5.74) is 0.989. The van der Waals surface area contributed by atoms with Crippen molar-refractivity contribution in [2.24, 2.45) is 0 Å². The number of carbonyl (C=O) groups excluding carboxylic acids is 2. The zero-order chi connectivity index (χ0) is 20.1. The van der Waals surface area contributed by atoms with E-state index in [4.69, 9.17) is 4.42 Å². The van der Waals surface area contributed by atoms with Gasteiger partial charge in [-0.15, -0.1) is 0 Å². The van der Waals surface area contributed by atoms with Gasteiger partial charge in [0.25, 0.3) is 5.91 Å². The Bertz CT molecular complexity index is 923. The molecule has 2 heterocycles. The molecule has 2 aromatic rings. The molecule has 150 valence electrons. The maximum atomic E-state index is 12.8. The Morgan fingerprint density at radius 2 is 1.82 bits per heavy atom. The lowest BCUT2D eigenvalue weighted by Gasteiger charge is -2.22. The first-order chi connectivity index (χ1) is 13.4. The van der Waals surface area contributed by atoms with Gasteiger partial charge >= 0.3 is 0 Å². The highest BCUT2D eigenvalue weighted by atomic mass is 32.2. The van der Waals surface area contributed by atoms with Gasteiger partial charge in [0, 0.05) is 26.2 Å². The number of carbonyl (C=O) groups is 2. The first kappa shape index (κ1) is 20.1. The maximum absolute atomic E-state index is 12.8. The van der Waals surface area contributed by atoms with Gasteiger partial charge in [0.15, 0.2) is 5.76 Å². The lowest BCUT2D eigenvalue weighted by Crippen LogP contribution is -2.42. The summed E-state index contributed by atoms with van der Waals surface area (Å²) in [5, 5.41) is 2.52. The van der Waals surface area contributed by atoms with E-state index < -0.39 is 15.9 Å². The molecule has 1 fully saturated rings. The van der Waals surface area contributed by atoms with E-state index in [0.29, 0.717) is 19.5 Å². The molecule has 0 spiro atoms. The Hall–Kier alpha value is -2.65. The number of furan rings is 1. The van der Waals surface area contributed by atoms with Crippen LogP contribution in [0.5, 0.6) is 0 Å². The summed E-state index contributed by atoms with van der Waals surface area (Å²) in [6.45, 7) is 3.02. The van der Waals surface area contributed by atoms with Gasteiger partial charge in [-0.2, -0.15) is 4.31 Å². The molecular weight excluding hydrogens is 382 g/mol. The fourth-order valence-corrected chi connectivity index (χ4v) is 4.48. The fourth-order valence-electron chi connectivity index (χ4n) is 3.01. The summed E-state index contributed by atoms with van der Waals surface area (Å²) < 4.78 is 32.1. The third-order valence-corrected chi connectivity index (χ3v) is 6.52. The van der Waals surface area contributed by atoms with Gasteiger partial charge in [0.2, 0.25) is 15.9 Å². The Morgan fingerprint density at radius 1 is 1.07 bits per heavy atom. The molecule has 1 saturated heterocycles. The Morgan fingerprint density at radius 3 is 2.50 bits per heavy atom. The summed E-state index contributed by atoms with van der Waals surface area (Å²) in [6, 6.07) is 9.84. The van der Waals surface area contributed by atoms with Gasteiger partial charge in [0.05, 0.1) is 17.7 Å². The third kappa shape index (κ3) is 4.60. The Kier molecular flexibility index (Phi) is 6.15. The summed E-state index contributed by atoms with van der Waals surface area (Å²) in [6.07, 6.45) is 1.91. The zero-order valence-corrected chi connectivity index (χ0v) is 16.4. The number of rotatable bonds is 5. The molecule has 0 atom stereocenters. The third-order valence-electron chi connectivity index (χ3n) is 4.61. The SMILES string of the molecule is Cc1ccc(S(=O)(=O)N2CCCN(C(=O)CNC(=O)c3ccco3)CC2)cc1. The molecule has 1 N–H and O–H groups in total. The molecule has 8 nitrogen and oxygen atoms in total. The minimum Gasteiger partial charge on any atom is -0.459 e. The number of nitrogens with one attached hydrogen (secondary N) is 1. The molecule has 0 radical (unpaired) electrons. The smallest absolute Gasteiger partial charge is 0.287 e. The molecule has 1 aromatic carbocycles. The van der Waals surface area contributed by atoms with E-state index in [1.54, 1.807) is 35.2 Å². The molecule has 0 bridgehead atoms. The van der Waals surface area contributed by atoms with Gasteiger partial charge in [-0.3, -0.25) is 9.59 Å². The first-order valence-electron chi connectivity index (χ1n) is 9.04. The van der Waals surface area contributed by atoms with Crippen molar-refractivity contribution in [3.05, 3.63) is 54.0 Å². The molecule has 28 heavy (non-hydrogen) atoms. The fraction of sp³-hybridized carbons (Fsp3) is 0.368. The van der Waals surface area contributed by atoms with E-state index in [9.17, 15) is 18.0 Å². The number of amides is 2. The number of hydrogen-bond acceptors (Lipinski definition) is 5. The molecule has 2 amide bonds. The number of sulfonamides is 1. The van der Waals surface area contributed by atoms with Crippen molar-refractivity contribution in [1.29, 1.82) is 0 Å². The average molecular weight is 405 g/mol. The van der Waals surface area contributed by atoms with Gasteiger partial charge in [-0.25, -0.2) is 8.42 Å². The lowest BCUT2D eigenvalue weighted by atomic mass is 10.2. The topological polar surface area (TPSA) is 99.9 Å². The molecule has 1 aliphatic heterocycles. The minimum atomic E-state index is -3.59. The summed E-state index contributed by atoms with van der Waals surface area (Å²) >= 11 is 0. The van der Waals surface area contributed by atoms with Crippen molar-refractivity contribution >= 4 is 21.8 Å². The Labute approximate surface area is 164 Å². The highest BCUT2D eigenvalue weighted by Crippen LogP contribution is 2.18. The number of hydrogen-bond donors (Lipinski definition) is 1. The quantitative estimate of drug-likeness (QED) is 0.807. The van der Waals surface area contributed by atoms with Gasteiger partial charge in [-0.1, -0.05) is 17.7 Å². The highest BCUT2D eigenvalue weighted by molar-refractivity contribution is 7.89. The normalized spacial score (nSPS) is 15.8. The maximum Gasteiger partial charge on any atom is 0.287 e. The van der Waals surface area contributed by atoms with Crippen LogP contribution in [0.25, 0.3) is 0 Å². The van der Waals surface area contributed by atoms with Crippen LogP contribution in [0.15, 0.2) is 52.0 Å². The van der Waals surface area contributed by atoms with Crippen LogP contribution >= 0.6 is 0 Å². The van der Waals surface area contributed by atoms with Crippen molar-refractivity contribution in [3.63, 3.8) is 0 Å². The van der Waals surface area contributed by atoms with E-state index >= 15 is 0 Å². The number of benzene rings is 1. The summed E-state index contributed by atoms with van der Waals surface area (Å²) in [4.78, 5) is 26.1. The molecular formula is C19H23N3O5S. The first-order valence-corrected chi connectivity index (χ1v) is 10.5. The Balaban J connectivity index is 1.57. The van der Waals surface area contributed by atoms with Crippen molar-refractivity contribution in [1.82, 2.24) is 14.5 Å². The van der Waals surface area contributed by atoms with Crippen LogP contribution in [0, 0.1) is 6.92 Å². The second kappa shape index (κ2) is 8.57. The summed E-state index contributed by atoms with van der Waals surface area (Å²) in [5.74, 6) is -0.578. The average Bonchev–Trinajstić information content (AvgIpc) is 3.10. The molecule has 0 aliphatic carbocycles. The minimum absolute atomic E-state index is 0.138. The van der Waals surface area contributed by atoms with Crippen LogP contribution in [0.2, 0.25) is 0 Å². The van der Waals surface area contributed by atoms with Crippen LogP contribution < -0.4 is 5.32 Å². The predicted molar refractivity (Wildman–Crippen MR) is 102 cm³/mol. The summed E-state index contributed by atoms with van der Waals surface area (Å²) in [7, 11) is -3.59. The van der Waals surface area contributed by atoms with E-state index in [0.717, 1.165) is 5.56 Å². The number of aryl methyl sites for hydroxylation is 1. The van der Waals surface area contributed by atoms with Crippen molar-refractivity contribution in [3.8, 4) is 0 Å². The van der Waals surface area contributed by atoms with Crippen LogP contribution in [0.3, 0.4) is 0 Å². The largest absolute Gasteiger partial charge is 0.459 e. The van der Waals surface area contributed by atoms with E-state index in [1.807, 2.05) is 6.92 Å². The van der Waals surface area contributed by atoms with Gasteiger partial charge in [0.1, 0.15) is 0 Å². The van der Waals surface area contributed by atoms with Crippen LogP contribution in [-0.2, 0) is 14.8 Å². The van der Waals surface area contributed by atoms with Crippen LogP contribution in [0.1, 0.15) is 22.5 Å². The zero-order valence-electron chi connectivity index (χ0n) is 15.6. The van der Waals surface area contributed by atoms with Crippen molar-refractivity contribution in [2.75, 3.05) is 32.7 Å². The van der Waals surface area contributed by atoms with Crippen molar-refractivity contribution < 1.29 is 22.4 Å². The highest BCUT2D eigenvalue weighted by Gasteiger charge is 2.28. The standard InChI is InChI=1S/C19H23N3O5S/c1-15-5-7-16(8-6-15)28(25,26)22-10-3-9-21(11-12-22)18(23)14-20-19(24)17-4-2-13-27-17/h2,4-8,13H,3,9-12,14H2,1H3,(H,20,24). The van der Waals surface area contributed by atoms with Gasteiger partial charge in [-0.05, 0) is 37.6 Å². The second-order valence-electron chi connectivity index (χ2n) is 6.61. The van der Waals surface area contributed by atoms with Crippen LogP contribution in [-0.4, -0.2) is 62.2 Å². The van der Waals surface area contributed by atoms with E-state index in [-0.39, 0.29) is 36.2 Å².